The highest BCUT2D eigenvalue weighted by molar-refractivity contribution is 6.31. The average molecular weight is 317 g/mol. The molecule has 1 aromatic carbocycles. The van der Waals surface area contributed by atoms with Crippen molar-refractivity contribution in [3.05, 3.63) is 34.6 Å². The number of carbonyl (C=O) groups is 1. The molecule has 0 radical (unpaired) electrons. The molecule has 118 valence electrons. The van der Waals surface area contributed by atoms with Gasteiger partial charge in [-0.15, -0.1) is 0 Å². The van der Waals surface area contributed by atoms with E-state index < -0.39 is 5.41 Å². The minimum absolute atomic E-state index is 0.140. The predicted molar refractivity (Wildman–Crippen MR) is 81.9 cm³/mol. The lowest BCUT2D eigenvalue weighted by Crippen LogP contribution is -2.39. The topological polar surface area (TPSA) is 64.3 Å². The Labute approximate surface area is 129 Å². The zero-order chi connectivity index (χ0) is 16.0. The number of methoxy groups -OCH3 is 1. The van der Waals surface area contributed by atoms with Gasteiger partial charge in [-0.2, -0.15) is 0 Å². The summed E-state index contributed by atoms with van der Waals surface area (Å²) in [6.07, 6.45) is -0.0808. The van der Waals surface area contributed by atoms with Gasteiger partial charge in [0.1, 0.15) is 5.82 Å². The summed E-state index contributed by atoms with van der Waals surface area (Å²) in [6, 6.07) is 4.28. The summed E-state index contributed by atoms with van der Waals surface area (Å²) in [4.78, 5) is 11.8. The van der Waals surface area contributed by atoms with Crippen LogP contribution in [0.1, 0.15) is 25.8 Å². The Morgan fingerprint density at radius 3 is 2.71 bits per heavy atom. The molecule has 1 amide bonds. The standard InChI is InChI=1S/C15H22ClFN2O2/c1-15(2,12-5-4-10(17)6-13(12)16)9-19-14(20)7-11(8-18)21-3/h4-6,11H,7-9,18H2,1-3H3,(H,19,20). The van der Waals surface area contributed by atoms with Crippen LogP contribution in [0.2, 0.25) is 5.02 Å². The van der Waals surface area contributed by atoms with Gasteiger partial charge in [0.2, 0.25) is 5.91 Å². The second-order valence-electron chi connectivity index (χ2n) is 5.58. The maximum Gasteiger partial charge on any atom is 0.222 e. The summed E-state index contributed by atoms with van der Waals surface area (Å²) in [5, 5.41) is 3.19. The fourth-order valence-electron chi connectivity index (χ4n) is 1.99. The van der Waals surface area contributed by atoms with Crippen LogP contribution in [0.25, 0.3) is 0 Å². The molecule has 4 nitrogen and oxygen atoms in total. The van der Waals surface area contributed by atoms with Crippen LogP contribution < -0.4 is 11.1 Å². The van der Waals surface area contributed by atoms with Crippen molar-refractivity contribution < 1.29 is 13.9 Å². The fraction of sp³-hybridized carbons (Fsp3) is 0.533. The lowest BCUT2D eigenvalue weighted by Gasteiger charge is -2.27. The lowest BCUT2D eigenvalue weighted by molar-refractivity contribution is -0.123. The highest BCUT2D eigenvalue weighted by atomic mass is 35.5. The van der Waals surface area contributed by atoms with E-state index in [-0.39, 0.29) is 30.8 Å². The molecule has 0 aliphatic carbocycles. The summed E-state index contributed by atoms with van der Waals surface area (Å²) in [7, 11) is 1.52. The van der Waals surface area contributed by atoms with E-state index >= 15 is 0 Å². The normalized spacial score (nSPS) is 13.0. The molecule has 21 heavy (non-hydrogen) atoms. The first-order valence-electron chi connectivity index (χ1n) is 6.75. The molecule has 1 atom stereocenters. The number of rotatable bonds is 7. The second kappa shape index (κ2) is 7.73. The van der Waals surface area contributed by atoms with Crippen molar-refractivity contribution in [3.8, 4) is 0 Å². The number of halogens is 2. The molecule has 3 N–H and O–H groups in total. The summed E-state index contributed by atoms with van der Waals surface area (Å²) < 4.78 is 18.2. The maximum absolute atomic E-state index is 13.1. The number of benzene rings is 1. The number of ether oxygens (including phenoxy) is 1. The van der Waals surface area contributed by atoms with Crippen molar-refractivity contribution in [2.24, 2.45) is 5.73 Å². The van der Waals surface area contributed by atoms with Crippen LogP contribution in [0.4, 0.5) is 4.39 Å². The third kappa shape index (κ3) is 5.26. The molecule has 0 heterocycles. The van der Waals surface area contributed by atoms with E-state index in [4.69, 9.17) is 22.1 Å². The summed E-state index contributed by atoms with van der Waals surface area (Å²) in [5.74, 6) is -0.520. The number of hydrogen-bond acceptors (Lipinski definition) is 3. The second-order valence-corrected chi connectivity index (χ2v) is 5.99. The number of carbonyl (C=O) groups excluding carboxylic acids is 1. The van der Waals surface area contributed by atoms with Gasteiger partial charge in [0, 0.05) is 30.6 Å². The molecule has 0 saturated heterocycles. The molecular formula is C15H22ClFN2O2. The van der Waals surface area contributed by atoms with E-state index in [0.29, 0.717) is 11.6 Å². The number of amides is 1. The molecule has 1 rings (SSSR count). The predicted octanol–water partition coefficient (Wildman–Crippen LogP) is 2.24. The van der Waals surface area contributed by atoms with E-state index in [1.807, 2.05) is 13.8 Å². The molecule has 0 bridgehead atoms. The van der Waals surface area contributed by atoms with Crippen LogP contribution in [0, 0.1) is 5.82 Å². The molecule has 1 unspecified atom stereocenters. The lowest BCUT2D eigenvalue weighted by atomic mass is 9.84. The van der Waals surface area contributed by atoms with Crippen molar-refractivity contribution in [1.29, 1.82) is 0 Å². The van der Waals surface area contributed by atoms with Crippen LogP contribution in [0.15, 0.2) is 18.2 Å². The summed E-state index contributed by atoms with van der Waals surface area (Å²) in [5.41, 5.74) is 5.85. The zero-order valence-electron chi connectivity index (χ0n) is 12.6. The van der Waals surface area contributed by atoms with Gasteiger partial charge < -0.3 is 15.8 Å². The van der Waals surface area contributed by atoms with E-state index in [1.54, 1.807) is 6.07 Å². The van der Waals surface area contributed by atoms with Gasteiger partial charge in [0.15, 0.2) is 0 Å². The Morgan fingerprint density at radius 2 is 2.19 bits per heavy atom. The Balaban J connectivity index is 2.66. The van der Waals surface area contributed by atoms with Gasteiger partial charge >= 0.3 is 0 Å². The number of nitrogens with two attached hydrogens (primary N) is 1. The third-order valence-electron chi connectivity index (χ3n) is 3.40. The molecule has 0 aliphatic heterocycles. The van der Waals surface area contributed by atoms with Crippen LogP contribution in [-0.4, -0.2) is 32.2 Å². The van der Waals surface area contributed by atoms with Gasteiger partial charge in [-0.05, 0) is 17.7 Å². The van der Waals surface area contributed by atoms with Crippen molar-refractivity contribution in [3.63, 3.8) is 0 Å². The Bertz CT molecular complexity index is 491. The number of hydrogen-bond donors (Lipinski definition) is 2. The molecule has 0 saturated carbocycles. The van der Waals surface area contributed by atoms with Gasteiger partial charge in [-0.25, -0.2) is 4.39 Å². The van der Waals surface area contributed by atoms with Crippen molar-refractivity contribution in [2.45, 2.75) is 31.8 Å². The first-order chi connectivity index (χ1) is 9.80. The minimum Gasteiger partial charge on any atom is -0.380 e. The minimum atomic E-state index is -0.411. The Kier molecular flexibility index (Phi) is 6.58. The van der Waals surface area contributed by atoms with Crippen LogP contribution in [0.5, 0.6) is 0 Å². The van der Waals surface area contributed by atoms with E-state index in [0.717, 1.165) is 5.56 Å². The highest BCUT2D eigenvalue weighted by Crippen LogP contribution is 2.29. The fourth-order valence-corrected chi connectivity index (χ4v) is 2.42. The highest BCUT2D eigenvalue weighted by Gasteiger charge is 2.24. The van der Waals surface area contributed by atoms with Gasteiger partial charge in [0.05, 0.1) is 12.5 Å². The van der Waals surface area contributed by atoms with E-state index in [2.05, 4.69) is 5.32 Å². The largest absolute Gasteiger partial charge is 0.380 e. The van der Waals surface area contributed by atoms with Crippen molar-refractivity contribution in [2.75, 3.05) is 20.2 Å². The maximum atomic E-state index is 13.1. The molecule has 1 aromatic rings. The summed E-state index contributed by atoms with van der Waals surface area (Å²) in [6.45, 7) is 4.54. The third-order valence-corrected chi connectivity index (χ3v) is 3.71. The Morgan fingerprint density at radius 1 is 1.52 bits per heavy atom. The van der Waals surface area contributed by atoms with Crippen LogP contribution in [0.3, 0.4) is 0 Å². The van der Waals surface area contributed by atoms with Gasteiger partial charge in [-0.3, -0.25) is 4.79 Å². The van der Waals surface area contributed by atoms with Crippen LogP contribution >= 0.6 is 11.6 Å². The quantitative estimate of drug-likeness (QED) is 0.811. The first kappa shape index (κ1) is 17.9. The van der Waals surface area contributed by atoms with E-state index in [1.165, 1.54) is 19.2 Å². The molecule has 6 heteroatoms. The Hall–Kier alpha value is -1.17. The van der Waals surface area contributed by atoms with Gasteiger partial charge in [0.25, 0.3) is 0 Å². The smallest absolute Gasteiger partial charge is 0.222 e. The molecule has 0 aliphatic rings. The molecule has 0 spiro atoms. The van der Waals surface area contributed by atoms with Gasteiger partial charge in [-0.1, -0.05) is 31.5 Å². The first-order valence-corrected chi connectivity index (χ1v) is 7.13. The van der Waals surface area contributed by atoms with Crippen LogP contribution in [-0.2, 0) is 14.9 Å². The van der Waals surface area contributed by atoms with Crippen molar-refractivity contribution >= 4 is 17.5 Å². The summed E-state index contributed by atoms with van der Waals surface area (Å²) >= 11 is 6.07. The molecule has 0 aromatic heterocycles. The SMILES string of the molecule is COC(CN)CC(=O)NCC(C)(C)c1ccc(F)cc1Cl. The monoisotopic (exact) mass is 316 g/mol. The number of nitrogens with one attached hydrogen (secondary N) is 1. The van der Waals surface area contributed by atoms with E-state index in [9.17, 15) is 9.18 Å². The molecular weight excluding hydrogens is 295 g/mol. The average Bonchev–Trinajstić information content (AvgIpc) is 2.42. The molecule has 0 fully saturated rings. The zero-order valence-corrected chi connectivity index (χ0v) is 13.3. The van der Waals surface area contributed by atoms with Crippen molar-refractivity contribution in [1.82, 2.24) is 5.32 Å².